The van der Waals surface area contributed by atoms with Gasteiger partial charge in [-0.1, -0.05) is 26.3 Å². The number of hydrogen-bond donors (Lipinski definition) is 1. The Kier molecular flexibility index (Phi) is 6.02. The number of unbranched alkanes of at least 4 members (excludes halogenated alkanes) is 2. The van der Waals surface area contributed by atoms with Gasteiger partial charge in [0.1, 0.15) is 0 Å². The van der Waals surface area contributed by atoms with Crippen LogP contribution in [0.25, 0.3) is 6.08 Å². The molecule has 0 fully saturated rings. The smallest absolute Gasteiger partial charge is 0.354 e. The Hall–Kier alpha value is -0.860. The first-order valence-electron chi connectivity index (χ1n) is 5.91. The molecule has 0 aromatic carbocycles. The Balaban J connectivity index is 2.97. The molecule has 0 spiro atoms. The van der Waals surface area contributed by atoms with E-state index in [9.17, 15) is 13.2 Å². The maximum Gasteiger partial charge on any atom is 0.434 e. The van der Waals surface area contributed by atoms with Crippen molar-refractivity contribution >= 4 is 34.6 Å². The zero-order valence-corrected chi connectivity index (χ0v) is 12.7. The molecule has 0 saturated heterocycles. The summed E-state index contributed by atoms with van der Waals surface area (Å²) in [6, 6.07) is 0. The number of alkyl halides is 3. The van der Waals surface area contributed by atoms with Gasteiger partial charge in [0, 0.05) is 6.54 Å². The molecule has 1 heterocycles. The number of aromatic nitrogens is 2. The monoisotopic (exact) mass is 385 g/mol. The summed E-state index contributed by atoms with van der Waals surface area (Å²) in [6.07, 6.45) is -0.262. The summed E-state index contributed by atoms with van der Waals surface area (Å²) in [6.45, 7) is 6.09. The van der Waals surface area contributed by atoms with Crippen LogP contribution in [0.5, 0.6) is 0 Å². The minimum Gasteiger partial charge on any atom is -0.354 e. The van der Waals surface area contributed by atoms with Gasteiger partial charge in [-0.15, -0.1) is 0 Å². The first-order chi connectivity index (χ1) is 8.90. The van der Waals surface area contributed by atoms with E-state index >= 15 is 0 Å². The average Bonchev–Trinajstić information content (AvgIpc) is 2.34. The molecule has 0 atom stereocenters. The lowest BCUT2D eigenvalue weighted by Gasteiger charge is -2.12. The quantitative estimate of drug-likeness (QED) is 0.585. The molecular formula is C12H15F3IN3. The summed E-state index contributed by atoms with van der Waals surface area (Å²) in [5.74, 6) is -0.00116. The fourth-order valence-corrected chi connectivity index (χ4v) is 2.21. The number of halogens is 4. The standard InChI is InChI=1S/C12H15F3IN3/c1-3-5-6-7-17-11-18-8(4-2)9(16)10(19-11)12(13,14)15/h4H,2-3,5-7H2,1H3,(H,17,18,19). The van der Waals surface area contributed by atoms with Crippen LogP contribution in [0.3, 0.4) is 0 Å². The molecule has 1 rings (SSSR count). The third-order valence-corrected chi connectivity index (χ3v) is 3.47. The molecule has 0 aliphatic heterocycles. The summed E-state index contributed by atoms with van der Waals surface area (Å²) in [5.41, 5.74) is -0.725. The van der Waals surface area contributed by atoms with Gasteiger partial charge in [-0.25, -0.2) is 9.97 Å². The van der Waals surface area contributed by atoms with E-state index in [2.05, 4.69) is 28.8 Å². The molecule has 0 aliphatic carbocycles. The largest absolute Gasteiger partial charge is 0.434 e. The number of hydrogen-bond acceptors (Lipinski definition) is 3. The molecule has 0 aliphatic rings. The summed E-state index contributed by atoms with van der Waals surface area (Å²) in [7, 11) is 0. The minimum absolute atomic E-state index is 0.00116. The van der Waals surface area contributed by atoms with Crippen LogP contribution >= 0.6 is 22.6 Å². The van der Waals surface area contributed by atoms with Crippen molar-refractivity contribution in [3.8, 4) is 0 Å². The van der Waals surface area contributed by atoms with Gasteiger partial charge < -0.3 is 5.32 Å². The lowest BCUT2D eigenvalue weighted by molar-refractivity contribution is -0.141. The second-order valence-corrected chi connectivity index (χ2v) is 5.01. The van der Waals surface area contributed by atoms with E-state index < -0.39 is 11.9 Å². The Morgan fingerprint density at radius 3 is 2.53 bits per heavy atom. The van der Waals surface area contributed by atoms with E-state index in [-0.39, 0.29) is 15.2 Å². The van der Waals surface area contributed by atoms with Crippen LogP contribution in [-0.4, -0.2) is 16.5 Å². The summed E-state index contributed by atoms with van der Waals surface area (Å²) in [4.78, 5) is 7.56. The van der Waals surface area contributed by atoms with E-state index in [0.717, 1.165) is 19.3 Å². The van der Waals surface area contributed by atoms with Gasteiger partial charge in [-0.05, 0) is 35.1 Å². The molecule has 7 heteroatoms. The van der Waals surface area contributed by atoms with Crippen LogP contribution < -0.4 is 5.32 Å². The number of rotatable bonds is 6. The van der Waals surface area contributed by atoms with E-state index in [0.29, 0.717) is 6.54 Å². The number of anilines is 1. The maximum atomic E-state index is 12.8. The van der Waals surface area contributed by atoms with Crippen molar-refractivity contribution in [2.75, 3.05) is 11.9 Å². The number of nitrogens with one attached hydrogen (secondary N) is 1. The highest BCUT2D eigenvalue weighted by Gasteiger charge is 2.36. The van der Waals surface area contributed by atoms with Gasteiger partial charge in [-0.3, -0.25) is 0 Å². The van der Waals surface area contributed by atoms with Gasteiger partial charge in [0.05, 0.1) is 9.26 Å². The zero-order valence-electron chi connectivity index (χ0n) is 10.5. The lowest BCUT2D eigenvalue weighted by Crippen LogP contribution is -2.16. The van der Waals surface area contributed by atoms with Crippen molar-refractivity contribution in [1.82, 2.24) is 9.97 Å². The maximum absolute atomic E-state index is 12.8. The molecule has 19 heavy (non-hydrogen) atoms. The first-order valence-corrected chi connectivity index (χ1v) is 6.99. The van der Waals surface area contributed by atoms with Crippen molar-refractivity contribution in [1.29, 1.82) is 0 Å². The molecule has 0 bridgehead atoms. The second-order valence-electron chi connectivity index (χ2n) is 3.93. The Morgan fingerprint density at radius 1 is 1.32 bits per heavy atom. The Bertz CT molecular complexity index is 447. The first kappa shape index (κ1) is 16.2. The average molecular weight is 385 g/mol. The molecule has 0 amide bonds. The van der Waals surface area contributed by atoms with Gasteiger partial charge >= 0.3 is 6.18 Å². The van der Waals surface area contributed by atoms with Crippen LogP contribution in [0.4, 0.5) is 19.1 Å². The normalized spacial score (nSPS) is 11.4. The van der Waals surface area contributed by atoms with E-state index in [1.54, 1.807) is 22.6 Å². The zero-order chi connectivity index (χ0) is 14.5. The highest BCUT2D eigenvalue weighted by Crippen LogP contribution is 2.33. The van der Waals surface area contributed by atoms with E-state index in [1.807, 2.05) is 0 Å². The van der Waals surface area contributed by atoms with Crippen LogP contribution in [0.15, 0.2) is 6.58 Å². The number of nitrogens with zero attached hydrogens (tertiary/aromatic N) is 2. The third-order valence-electron chi connectivity index (χ3n) is 2.40. The molecule has 0 unspecified atom stereocenters. The predicted octanol–water partition coefficient (Wildman–Crippen LogP) is 4.35. The summed E-state index contributed by atoms with van der Waals surface area (Å²) in [5, 5.41) is 2.82. The molecule has 1 N–H and O–H groups in total. The SMILES string of the molecule is C=Cc1nc(NCCCCC)nc(C(F)(F)F)c1I. The fraction of sp³-hybridized carbons (Fsp3) is 0.500. The van der Waals surface area contributed by atoms with Crippen molar-refractivity contribution in [2.45, 2.75) is 32.4 Å². The fourth-order valence-electron chi connectivity index (χ4n) is 1.44. The molecule has 1 aromatic rings. The van der Waals surface area contributed by atoms with Gasteiger partial charge in [0.25, 0.3) is 0 Å². The topological polar surface area (TPSA) is 37.8 Å². The lowest BCUT2D eigenvalue weighted by atomic mass is 10.2. The Labute approximate surface area is 123 Å². The highest BCUT2D eigenvalue weighted by molar-refractivity contribution is 14.1. The molecule has 1 aromatic heterocycles. The minimum atomic E-state index is -4.49. The molecule has 106 valence electrons. The van der Waals surface area contributed by atoms with Crippen LogP contribution in [0, 0.1) is 3.57 Å². The predicted molar refractivity (Wildman–Crippen MR) is 77.9 cm³/mol. The van der Waals surface area contributed by atoms with Crippen LogP contribution in [-0.2, 0) is 6.18 Å². The van der Waals surface area contributed by atoms with Crippen molar-refractivity contribution in [3.05, 3.63) is 21.5 Å². The van der Waals surface area contributed by atoms with Gasteiger partial charge in [-0.2, -0.15) is 13.2 Å². The Morgan fingerprint density at radius 2 is 2.00 bits per heavy atom. The van der Waals surface area contributed by atoms with Crippen LogP contribution in [0.1, 0.15) is 37.6 Å². The van der Waals surface area contributed by atoms with Crippen LogP contribution in [0.2, 0.25) is 0 Å². The summed E-state index contributed by atoms with van der Waals surface area (Å²) < 4.78 is 38.5. The van der Waals surface area contributed by atoms with E-state index in [1.165, 1.54) is 6.08 Å². The third kappa shape index (κ3) is 4.63. The van der Waals surface area contributed by atoms with Gasteiger partial charge in [0.15, 0.2) is 5.69 Å². The highest BCUT2D eigenvalue weighted by atomic mass is 127. The second kappa shape index (κ2) is 7.06. The van der Waals surface area contributed by atoms with E-state index in [4.69, 9.17) is 0 Å². The van der Waals surface area contributed by atoms with Gasteiger partial charge in [0.2, 0.25) is 5.95 Å². The molecular weight excluding hydrogens is 370 g/mol. The van der Waals surface area contributed by atoms with Crippen molar-refractivity contribution < 1.29 is 13.2 Å². The van der Waals surface area contributed by atoms with Crippen molar-refractivity contribution in [3.63, 3.8) is 0 Å². The summed E-state index contributed by atoms with van der Waals surface area (Å²) >= 11 is 1.59. The van der Waals surface area contributed by atoms with Crippen molar-refractivity contribution in [2.24, 2.45) is 0 Å². The molecule has 0 radical (unpaired) electrons. The molecule has 0 saturated carbocycles. The molecule has 3 nitrogen and oxygen atoms in total.